The molecule has 0 atom stereocenters. The summed E-state index contributed by atoms with van der Waals surface area (Å²) in [5, 5.41) is 2.94. The van der Waals surface area contributed by atoms with E-state index in [0.29, 0.717) is 11.4 Å². The summed E-state index contributed by atoms with van der Waals surface area (Å²) in [6.07, 6.45) is 1.78. The third-order valence-corrected chi connectivity index (χ3v) is 3.31. The van der Waals surface area contributed by atoms with Gasteiger partial charge in [-0.1, -0.05) is 25.5 Å². The molecule has 2 rings (SSSR count). The van der Waals surface area contributed by atoms with Crippen LogP contribution in [0, 0.1) is 13.8 Å². The maximum atomic E-state index is 12.4. The van der Waals surface area contributed by atoms with Gasteiger partial charge in [0.2, 0.25) is 0 Å². The molecule has 0 bridgehead atoms. The molecule has 0 radical (unpaired) electrons. The van der Waals surface area contributed by atoms with Gasteiger partial charge in [0.1, 0.15) is 5.82 Å². The van der Waals surface area contributed by atoms with Gasteiger partial charge in [-0.15, -0.1) is 0 Å². The number of rotatable bonds is 4. The lowest BCUT2D eigenvalue weighted by molar-refractivity contribution is 0.102. The molecular weight excluding hydrogens is 262 g/mol. The number of hydrogen-bond donors (Lipinski definition) is 2. The van der Waals surface area contributed by atoms with Crippen molar-refractivity contribution in [3.63, 3.8) is 0 Å². The minimum absolute atomic E-state index is 0.157. The summed E-state index contributed by atoms with van der Waals surface area (Å²) in [7, 11) is 0. The van der Waals surface area contributed by atoms with Gasteiger partial charge in [0.15, 0.2) is 0 Å². The highest BCUT2D eigenvalue weighted by atomic mass is 16.1. The highest BCUT2D eigenvalue weighted by Crippen LogP contribution is 2.18. The van der Waals surface area contributed by atoms with E-state index in [1.165, 1.54) is 0 Å². The zero-order valence-electron chi connectivity index (χ0n) is 12.7. The molecular formula is C17H21N3O. The number of pyridine rings is 1. The fourth-order valence-corrected chi connectivity index (χ4v) is 2.19. The van der Waals surface area contributed by atoms with Crippen LogP contribution in [0.1, 0.15) is 40.5 Å². The minimum atomic E-state index is -0.157. The third-order valence-electron chi connectivity index (χ3n) is 3.31. The Labute approximate surface area is 125 Å². The highest BCUT2D eigenvalue weighted by Gasteiger charge is 2.10. The number of benzene rings is 1. The Kier molecular flexibility index (Phi) is 4.58. The van der Waals surface area contributed by atoms with Crippen LogP contribution in [0.15, 0.2) is 30.3 Å². The van der Waals surface area contributed by atoms with Crippen LogP contribution in [0.25, 0.3) is 0 Å². The van der Waals surface area contributed by atoms with Crippen molar-refractivity contribution in [3.8, 4) is 0 Å². The van der Waals surface area contributed by atoms with E-state index in [0.717, 1.165) is 35.3 Å². The number of anilines is 2. The predicted octanol–water partition coefficient (Wildman–Crippen LogP) is 3.49. The molecule has 0 spiro atoms. The highest BCUT2D eigenvalue weighted by molar-refractivity contribution is 6.05. The van der Waals surface area contributed by atoms with Gasteiger partial charge in [0, 0.05) is 16.9 Å². The van der Waals surface area contributed by atoms with Crippen molar-refractivity contribution in [1.29, 1.82) is 0 Å². The Balaban J connectivity index is 2.25. The molecule has 1 heterocycles. The standard InChI is InChI=1S/C17H21N3O/c1-4-5-14-9-13(10-16(18)19-14)17(21)20-15-8-11(2)6-7-12(15)3/h6-10H,4-5H2,1-3H3,(H2,18,19)(H,20,21). The Morgan fingerprint density at radius 1 is 1.24 bits per heavy atom. The fraction of sp³-hybridized carbons (Fsp3) is 0.294. The summed E-state index contributed by atoms with van der Waals surface area (Å²) in [4.78, 5) is 16.6. The second-order valence-corrected chi connectivity index (χ2v) is 5.29. The van der Waals surface area contributed by atoms with Gasteiger partial charge < -0.3 is 11.1 Å². The number of aryl methyl sites for hydroxylation is 3. The van der Waals surface area contributed by atoms with E-state index in [-0.39, 0.29) is 5.91 Å². The molecule has 110 valence electrons. The van der Waals surface area contributed by atoms with E-state index < -0.39 is 0 Å². The van der Waals surface area contributed by atoms with Gasteiger partial charge in [-0.25, -0.2) is 4.98 Å². The van der Waals surface area contributed by atoms with E-state index in [1.807, 2.05) is 32.0 Å². The van der Waals surface area contributed by atoms with Gasteiger partial charge in [-0.05, 0) is 49.6 Å². The van der Waals surface area contributed by atoms with Crippen molar-refractivity contribution in [2.45, 2.75) is 33.6 Å². The molecule has 0 aliphatic carbocycles. The molecule has 0 saturated heterocycles. The molecule has 1 amide bonds. The molecule has 0 saturated carbocycles. The third kappa shape index (κ3) is 3.81. The second-order valence-electron chi connectivity index (χ2n) is 5.29. The van der Waals surface area contributed by atoms with E-state index >= 15 is 0 Å². The van der Waals surface area contributed by atoms with Crippen LogP contribution in [0.4, 0.5) is 11.5 Å². The summed E-state index contributed by atoms with van der Waals surface area (Å²) in [6.45, 7) is 6.04. The van der Waals surface area contributed by atoms with E-state index in [4.69, 9.17) is 5.73 Å². The number of hydrogen-bond acceptors (Lipinski definition) is 3. The van der Waals surface area contributed by atoms with Crippen LogP contribution in [0.3, 0.4) is 0 Å². The first-order valence-corrected chi connectivity index (χ1v) is 7.14. The average molecular weight is 283 g/mol. The summed E-state index contributed by atoms with van der Waals surface area (Å²) in [5.74, 6) is 0.224. The lowest BCUT2D eigenvalue weighted by Crippen LogP contribution is -2.14. The predicted molar refractivity (Wildman–Crippen MR) is 86.5 cm³/mol. The van der Waals surface area contributed by atoms with Crippen molar-refractivity contribution in [3.05, 3.63) is 52.7 Å². The second kappa shape index (κ2) is 6.39. The normalized spacial score (nSPS) is 10.4. The number of carbonyl (C=O) groups excluding carboxylic acids is 1. The molecule has 0 fully saturated rings. The van der Waals surface area contributed by atoms with E-state index in [9.17, 15) is 4.79 Å². The lowest BCUT2D eigenvalue weighted by atomic mass is 10.1. The van der Waals surface area contributed by atoms with Gasteiger partial charge in [0.25, 0.3) is 5.91 Å². The summed E-state index contributed by atoms with van der Waals surface area (Å²) in [6, 6.07) is 9.40. The molecule has 0 aliphatic rings. The Bertz CT molecular complexity index is 665. The Morgan fingerprint density at radius 2 is 2.00 bits per heavy atom. The van der Waals surface area contributed by atoms with Crippen molar-refractivity contribution < 1.29 is 4.79 Å². The quantitative estimate of drug-likeness (QED) is 0.902. The van der Waals surface area contributed by atoms with Gasteiger partial charge in [-0.2, -0.15) is 0 Å². The Hall–Kier alpha value is -2.36. The van der Waals surface area contributed by atoms with Crippen LogP contribution < -0.4 is 11.1 Å². The lowest BCUT2D eigenvalue weighted by Gasteiger charge is -2.10. The zero-order valence-corrected chi connectivity index (χ0v) is 12.7. The minimum Gasteiger partial charge on any atom is -0.384 e. The maximum absolute atomic E-state index is 12.4. The number of nitrogens with zero attached hydrogens (tertiary/aromatic N) is 1. The van der Waals surface area contributed by atoms with Gasteiger partial charge in [0.05, 0.1) is 0 Å². The van der Waals surface area contributed by atoms with Crippen LogP contribution in [-0.4, -0.2) is 10.9 Å². The van der Waals surface area contributed by atoms with E-state index in [2.05, 4.69) is 17.2 Å². The summed E-state index contributed by atoms with van der Waals surface area (Å²) >= 11 is 0. The summed E-state index contributed by atoms with van der Waals surface area (Å²) in [5.41, 5.74) is 10.1. The molecule has 0 aliphatic heterocycles. The maximum Gasteiger partial charge on any atom is 0.255 e. The molecule has 2 aromatic rings. The van der Waals surface area contributed by atoms with E-state index in [1.54, 1.807) is 12.1 Å². The number of aromatic nitrogens is 1. The molecule has 21 heavy (non-hydrogen) atoms. The van der Waals surface area contributed by atoms with Crippen LogP contribution in [-0.2, 0) is 6.42 Å². The number of carbonyl (C=O) groups is 1. The van der Waals surface area contributed by atoms with Crippen molar-refractivity contribution in [2.75, 3.05) is 11.1 Å². The number of nitrogen functional groups attached to an aromatic ring is 1. The molecule has 4 nitrogen and oxygen atoms in total. The van der Waals surface area contributed by atoms with Crippen molar-refractivity contribution in [2.24, 2.45) is 0 Å². The number of nitrogens with one attached hydrogen (secondary N) is 1. The number of amides is 1. The zero-order chi connectivity index (χ0) is 15.4. The smallest absolute Gasteiger partial charge is 0.255 e. The van der Waals surface area contributed by atoms with Gasteiger partial charge >= 0.3 is 0 Å². The molecule has 1 aromatic carbocycles. The largest absolute Gasteiger partial charge is 0.384 e. The average Bonchev–Trinajstić information content (AvgIpc) is 2.42. The first-order chi connectivity index (χ1) is 9.99. The molecule has 3 N–H and O–H groups in total. The van der Waals surface area contributed by atoms with Gasteiger partial charge in [-0.3, -0.25) is 4.79 Å². The van der Waals surface area contributed by atoms with Crippen molar-refractivity contribution in [1.82, 2.24) is 4.98 Å². The Morgan fingerprint density at radius 3 is 2.71 bits per heavy atom. The molecule has 0 unspecified atom stereocenters. The van der Waals surface area contributed by atoms with Crippen LogP contribution in [0.2, 0.25) is 0 Å². The summed E-state index contributed by atoms with van der Waals surface area (Å²) < 4.78 is 0. The fourth-order valence-electron chi connectivity index (χ4n) is 2.19. The SMILES string of the molecule is CCCc1cc(C(=O)Nc2cc(C)ccc2C)cc(N)n1. The first kappa shape index (κ1) is 15.0. The molecule has 1 aromatic heterocycles. The topological polar surface area (TPSA) is 68.0 Å². The number of nitrogens with two attached hydrogens (primary N) is 1. The molecule has 4 heteroatoms. The van der Waals surface area contributed by atoms with Crippen LogP contribution in [0.5, 0.6) is 0 Å². The van der Waals surface area contributed by atoms with Crippen LogP contribution >= 0.6 is 0 Å². The monoisotopic (exact) mass is 283 g/mol. The van der Waals surface area contributed by atoms with Crippen molar-refractivity contribution >= 4 is 17.4 Å². The first-order valence-electron chi connectivity index (χ1n) is 7.14.